The van der Waals surface area contributed by atoms with Crippen molar-refractivity contribution in [2.24, 2.45) is 0 Å². The van der Waals surface area contributed by atoms with Crippen molar-refractivity contribution in [3.63, 3.8) is 0 Å². The van der Waals surface area contributed by atoms with Crippen LogP contribution in [0.3, 0.4) is 0 Å². The Kier molecular flexibility index (Phi) is 7.38. The number of hydrogen-bond donors (Lipinski definition) is 4. The van der Waals surface area contributed by atoms with Gasteiger partial charge in [0.25, 0.3) is 11.6 Å². The number of amides is 2. The van der Waals surface area contributed by atoms with Crippen molar-refractivity contribution in [1.82, 2.24) is 0 Å². The second-order valence-corrected chi connectivity index (χ2v) is 6.73. The third-order valence-corrected chi connectivity index (χ3v) is 4.05. The molecule has 2 aromatic rings. The van der Waals surface area contributed by atoms with Gasteiger partial charge in [-0.15, -0.1) is 0 Å². The molecule has 0 radical (unpaired) electrons. The molecule has 0 heterocycles. The SMILES string of the molecule is C[C@](O)(COc1ccc(NC(=O)CO)cc1)C(=O)Nc1ccc([N+](=O)[O-])c(C(F)(F)F)c1. The molecular weight excluding hydrogens is 439 g/mol. The van der Waals surface area contributed by atoms with Crippen LogP contribution in [0.4, 0.5) is 30.2 Å². The van der Waals surface area contributed by atoms with Gasteiger partial charge in [0.15, 0.2) is 5.60 Å². The molecule has 4 N–H and O–H groups in total. The smallest absolute Gasteiger partial charge is 0.423 e. The average molecular weight is 457 g/mol. The summed E-state index contributed by atoms with van der Waals surface area (Å²) in [6, 6.07) is 7.59. The number of nitro groups is 1. The highest BCUT2D eigenvalue weighted by molar-refractivity contribution is 5.97. The maximum atomic E-state index is 13.1. The van der Waals surface area contributed by atoms with Crippen LogP contribution >= 0.6 is 0 Å². The summed E-state index contributed by atoms with van der Waals surface area (Å²) in [5.74, 6) is -1.53. The molecule has 32 heavy (non-hydrogen) atoms. The van der Waals surface area contributed by atoms with Gasteiger partial charge in [-0.1, -0.05) is 0 Å². The highest BCUT2D eigenvalue weighted by atomic mass is 19.4. The zero-order valence-corrected chi connectivity index (χ0v) is 16.5. The summed E-state index contributed by atoms with van der Waals surface area (Å²) < 4.78 is 44.5. The Bertz CT molecular complexity index is 1010. The first-order chi connectivity index (χ1) is 14.8. The molecule has 2 rings (SSSR count). The number of nitrogens with zero attached hydrogens (tertiary/aromatic N) is 1. The van der Waals surface area contributed by atoms with Crippen LogP contribution < -0.4 is 15.4 Å². The first kappa shape index (κ1) is 24.6. The van der Waals surface area contributed by atoms with E-state index in [1.54, 1.807) is 0 Å². The summed E-state index contributed by atoms with van der Waals surface area (Å²) in [6.45, 7) is -0.218. The highest BCUT2D eigenvalue weighted by Gasteiger charge is 2.39. The minimum absolute atomic E-state index is 0.203. The van der Waals surface area contributed by atoms with E-state index in [9.17, 15) is 38.0 Å². The van der Waals surface area contributed by atoms with Crippen molar-refractivity contribution in [3.8, 4) is 5.75 Å². The molecule has 0 aromatic heterocycles. The molecule has 1 atom stereocenters. The van der Waals surface area contributed by atoms with Crippen LogP contribution in [-0.4, -0.2) is 45.8 Å². The van der Waals surface area contributed by atoms with Crippen LogP contribution in [-0.2, 0) is 15.8 Å². The lowest BCUT2D eigenvalue weighted by molar-refractivity contribution is -0.388. The minimum atomic E-state index is -5.03. The fourth-order valence-corrected chi connectivity index (χ4v) is 2.39. The zero-order valence-electron chi connectivity index (χ0n) is 16.5. The molecule has 0 unspecified atom stereocenters. The largest absolute Gasteiger partial charge is 0.490 e. The average Bonchev–Trinajstić information content (AvgIpc) is 2.72. The number of rotatable bonds is 8. The molecule has 0 fully saturated rings. The van der Waals surface area contributed by atoms with Gasteiger partial charge in [-0.2, -0.15) is 13.2 Å². The third-order valence-electron chi connectivity index (χ3n) is 4.05. The summed E-state index contributed by atoms with van der Waals surface area (Å²) in [4.78, 5) is 33.0. The maximum Gasteiger partial charge on any atom is 0.423 e. The number of aliphatic hydroxyl groups is 2. The third kappa shape index (κ3) is 6.39. The summed E-state index contributed by atoms with van der Waals surface area (Å²) in [5.41, 5.74) is -4.95. The van der Waals surface area contributed by atoms with Gasteiger partial charge in [0.05, 0.1) is 4.92 Å². The van der Waals surface area contributed by atoms with Crippen molar-refractivity contribution in [1.29, 1.82) is 0 Å². The van der Waals surface area contributed by atoms with E-state index in [1.165, 1.54) is 24.3 Å². The summed E-state index contributed by atoms with van der Waals surface area (Å²) in [7, 11) is 0. The van der Waals surface area contributed by atoms with Crippen molar-refractivity contribution in [3.05, 3.63) is 58.1 Å². The van der Waals surface area contributed by atoms with Gasteiger partial charge in [0, 0.05) is 17.4 Å². The van der Waals surface area contributed by atoms with Crippen LogP contribution in [0.25, 0.3) is 0 Å². The number of benzene rings is 2. The van der Waals surface area contributed by atoms with E-state index in [0.717, 1.165) is 13.0 Å². The van der Waals surface area contributed by atoms with Crippen LogP contribution in [0.1, 0.15) is 12.5 Å². The normalized spacial score (nSPS) is 13.1. The maximum absolute atomic E-state index is 13.1. The number of carbonyl (C=O) groups is 2. The van der Waals surface area contributed by atoms with Gasteiger partial charge in [-0.3, -0.25) is 19.7 Å². The number of halogens is 3. The van der Waals surface area contributed by atoms with Gasteiger partial charge < -0.3 is 25.6 Å². The Labute approximate surface area is 178 Å². The van der Waals surface area contributed by atoms with E-state index < -0.39 is 58.7 Å². The van der Waals surface area contributed by atoms with Gasteiger partial charge in [-0.25, -0.2) is 0 Å². The highest BCUT2D eigenvalue weighted by Crippen LogP contribution is 2.37. The van der Waals surface area contributed by atoms with Gasteiger partial charge in [0.2, 0.25) is 5.91 Å². The summed E-state index contributed by atoms with van der Waals surface area (Å²) >= 11 is 0. The molecule has 2 amide bonds. The molecule has 10 nitrogen and oxygen atoms in total. The van der Waals surface area contributed by atoms with Crippen molar-refractivity contribution in [2.45, 2.75) is 18.7 Å². The number of aliphatic hydroxyl groups excluding tert-OH is 1. The fraction of sp³-hybridized carbons (Fsp3) is 0.263. The van der Waals surface area contributed by atoms with E-state index in [0.29, 0.717) is 17.8 Å². The predicted molar refractivity (Wildman–Crippen MR) is 105 cm³/mol. The minimum Gasteiger partial charge on any atom is -0.490 e. The monoisotopic (exact) mass is 457 g/mol. The van der Waals surface area contributed by atoms with Crippen LogP contribution in [0, 0.1) is 10.1 Å². The van der Waals surface area contributed by atoms with E-state index in [-0.39, 0.29) is 5.75 Å². The van der Waals surface area contributed by atoms with Gasteiger partial charge in [0.1, 0.15) is 24.5 Å². The number of carbonyl (C=O) groups excluding carboxylic acids is 2. The molecule has 13 heteroatoms. The Morgan fingerprint density at radius 3 is 2.22 bits per heavy atom. The lowest BCUT2D eigenvalue weighted by atomic mass is 10.1. The second kappa shape index (κ2) is 9.62. The van der Waals surface area contributed by atoms with E-state index >= 15 is 0 Å². The van der Waals surface area contributed by atoms with E-state index in [2.05, 4.69) is 10.6 Å². The molecule has 0 saturated heterocycles. The Balaban J connectivity index is 2.06. The second-order valence-electron chi connectivity index (χ2n) is 6.73. The van der Waals surface area contributed by atoms with Crippen molar-refractivity contribution < 1.29 is 42.6 Å². The number of alkyl halides is 3. The van der Waals surface area contributed by atoms with Gasteiger partial charge in [-0.05, 0) is 43.3 Å². The number of nitrogens with one attached hydrogen (secondary N) is 2. The Morgan fingerprint density at radius 2 is 1.69 bits per heavy atom. The molecule has 0 bridgehead atoms. The molecule has 0 saturated carbocycles. The van der Waals surface area contributed by atoms with Crippen molar-refractivity contribution >= 4 is 28.9 Å². The van der Waals surface area contributed by atoms with E-state index in [4.69, 9.17) is 9.84 Å². The zero-order chi connectivity index (χ0) is 24.1. The van der Waals surface area contributed by atoms with Gasteiger partial charge >= 0.3 is 6.18 Å². The quantitative estimate of drug-likeness (QED) is 0.351. The number of anilines is 2. The summed E-state index contributed by atoms with van der Waals surface area (Å²) in [5, 5.41) is 34.3. The first-order valence-corrected chi connectivity index (χ1v) is 8.86. The van der Waals surface area contributed by atoms with Crippen LogP contribution in [0.5, 0.6) is 5.75 Å². The lowest BCUT2D eigenvalue weighted by Gasteiger charge is -2.23. The first-order valence-electron chi connectivity index (χ1n) is 8.86. The topological polar surface area (TPSA) is 151 Å². The standard InChI is InChI=1S/C19H18F3N3O7/c1-18(29,10-32-13-5-2-11(3-6-13)23-16(27)9-26)17(28)24-12-4-7-15(25(30)31)14(8-12)19(20,21)22/h2-8,26,29H,9-10H2,1H3,(H,23,27)(H,24,28)/t18-/m0/s1. The Hall–Kier alpha value is -3.71. The van der Waals surface area contributed by atoms with Crippen LogP contribution in [0.15, 0.2) is 42.5 Å². The molecule has 0 aliphatic rings. The Morgan fingerprint density at radius 1 is 1.09 bits per heavy atom. The summed E-state index contributed by atoms with van der Waals surface area (Å²) in [6.07, 6.45) is -5.03. The number of ether oxygens (including phenoxy) is 1. The van der Waals surface area contributed by atoms with E-state index in [1.807, 2.05) is 0 Å². The lowest BCUT2D eigenvalue weighted by Crippen LogP contribution is -2.45. The molecule has 172 valence electrons. The fourth-order valence-electron chi connectivity index (χ4n) is 2.39. The predicted octanol–water partition coefficient (Wildman–Crippen LogP) is 2.31. The van der Waals surface area contributed by atoms with Crippen LogP contribution in [0.2, 0.25) is 0 Å². The molecule has 2 aromatic carbocycles. The number of hydrogen-bond acceptors (Lipinski definition) is 7. The molecule has 0 aliphatic carbocycles. The molecule has 0 spiro atoms. The molecular formula is C19H18F3N3O7. The van der Waals surface area contributed by atoms with Crippen molar-refractivity contribution in [2.75, 3.05) is 23.8 Å². The molecule has 0 aliphatic heterocycles. The number of nitro benzene ring substituents is 1.